The number of nitrogens with zero attached hydrogens (tertiary/aromatic N) is 1. The highest BCUT2D eigenvalue weighted by molar-refractivity contribution is 5.79. The van der Waals surface area contributed by atoms with E-state index in [9.17, 15) is 9.59 Å². The molecule has 0 saturated carbocycles. The summed E-state index contributed by atoms with van der Waals surface area (Å²) in [5.74, 6) is 0.859. The van der Waals surface area contributed by atoms with Crippen LogP contribution in [0.2, 0.25) is 0 Å². The SMILES string of the molecule is CCC(/C=C/C(=O)O)Cc1ccc2c(c1)OCO2.NC(=O)N1CCCCC1. The van der Waals surface area contributed by atoms with Crippen LogP contribution in [0.1, 0.15) is 38.2 Å². The molecule has 0 bridgehead atoms. The number of urea groups is 1. The predicted octanol–water partition coefficient (Wildman–Crippen LogP) is 3.18. The molecule has 148 valence electrons. The number of carbonyl (C=O) groups excluding carboxylic acids is 1. The van der Waals surface area contributed by atoms with Gasteiger partial charge in [-0.2, -0.15) is 0 Å². The molecule has 1 atom stereocenters. The van der Waals surface area contributed by atoms with Crippen LogP contribution in [0, 0.1) is 5.92 Å². The molecule has 1 aromatic rings. The molecule has 27 heavy (non-hydrogen) atoms. The number of primary amides is 1. The maximum absolute atomic E-state index is 10.5. The van der Waals surface area contributed by atoms with E-state index >= 15 is 0 Å². The fraction of sp³-hybridized carbons (Fsp3) is 0.500. The van der Waals surface area contributed by atoms with Gasteiger partial charge in [-0.1, -0.05) is 19.1 Å². The molecule has 3 rings (SSSR count). The zero-order valence-corrected chi connectivity index (χ0v) is 15.7. The van der Waals surface area contributed by atoms with Gasteiger partial charge in [0.05, 0.1) is 0 Å². The second-order valence-corrected chi connectivity index (χ2v) is 6.64. The minimum atomic E-state index is -0.904. The van der Waals surface area contributed by atoms with Gasteiger partial charge in [-0.15, -0.1) is 0 Å². The van der Waals surface area contributed by atoms with Crippen LogP contribution in [0.15, 0.2) is 30.4 Å². The quantitative estimate of drug-likeness (QED) is 0.769. The highest BCUT2D eigenvalue weighted by atomic mass is 16.7. The lowest BCUT2D eigenvalue weighted by molar-refractivity contribution is -0.131. The summed E-state index contributed by atoms with van der Waals surface area (Å²) in [4.78, 5) is 22.7. The number of allylic oxidation sites excluding steroid dienone is 1. The van der Waals surface area contributed by atoms with Gasteiger partial charge in [0.1, 0.15) is 0 Å². The van der Waals surface area contributed by atoms with E-state index < -0.39 is 5.97 Å². The fourth-order valence-corrected chi connectivity index (χ4v) is 3.05. The average molecular weight is 376 g/mol. The van der Waals surface area contributed by atoms with Crippen molar-refractivity contribution < 1.29 is 24.2 Å². The van der Waals surface area contributed by atoms with Gasteiger partial charge >= 0.3 is 12.0 Å². The first kappa shape index (κ1) is 20.6. The monoisotopic (exact) mass is 376 g/mol. The summed E-state index contributed by atoms with van der Waals surface area (Å²) < 4.78 is 10.6. The van der Waals surface area contributed by atoms with Gasteiger partial charge in [0, 0.05) is 19.2 Å². The Labute approximate surface area is 159 Å². The lowest BCUT2D eigenvalue weighted by Crippen LogP contribution is -2.39. The summed E-state index contributed by atoms with van der Waals surface area (Å²) in [5.41, 5.74) is 6.18. The van der Waals surface area contributed by atoms with Crippen molar-refractivity contribution >= 4 is 12.0 Å². The van der Waals surface area contributed by atoms with Crippen molar-refractivity contribution in [1.82, 2.24) is 4.90 Å². The van der Waals surface area contributed by atoms with Crippen LogP contribution >= 0.6 is 0 Å². The number of nitrogens with two attached hydrogens (primary N) is 1. The van der Waals surface area contributed by atoms with Crippen molar-refractivity contribution in [1.29, 1.82) is 0 Å². The molecule has 2 heterocycles. The number of benzene rings is 1. The molecule has 0 aromatic heterocycles. The second kappa shape index (κ2) is 10.4. The third-order valence-electron chi connectivity index (χ3n) is 4.64. The Morgan fingerprint density at radius 3 is 2.52 bits per heavy atom. The van der Waals surface area contributed by atoms with Crippen LogP contribution in [0.3, 0.4) is 0 Å². The number of ether oxygens (including phenoxy) is 2. The minimum absolute atomic E-state index is 0.224. The van der Waals surface area contributed by atoms with Gasteiger partial charge < -0.3 is 25.2 Å². The number of fused-ring (bicyclic) bond motifs is 1. The van der Waals surface area contributed by atoms with Crippen LogP contribution in [0.5, 0.6) is 11.5 Å². The molecule has 1 fully saturated rings. The second-order valence-electron chi connectivity index (χ2n) is 6.64. The zero-order chi connectivity index (χ0) is 19.6. The number of aliphatic carboxylic acids is 1. The Balaban J connectivity index is 0.000000244. The summed E-state index contributed by atoms with van der Waals surface area (Å²) in [6.45, 7) is 4.03. The molecule has 7 heteroatoms. The average Bonchev–Trinajstić information content (AvgIpc) is 3.14. The van der Waals surface area contributed by atoms with Gasteiger partial charge in [-0.3, -0.25) is 0 Å². The largest absolute Gasteiger partial charge is 0.478 e. The zero-order valence-electron chi connectivity index (χ0n) is 15.7. The molecular formula is C20H28N2O5. The molecule has 2 aliphatic rings. The van der Waals surface area contributed by atoms with E-state index in [1.54, 1.807) is 11.0 Å². The standard InChI is InChI=1S/C14H16O4.C6H12N2O/c1-2-10(4-6-14(15)16)7-11-3-5-12-13(8-11)18-9-17-12;7-6(9)8-4-2-1-3-5-8/h3-6,8,10H,2,7,9H2,1H3,(H,15,16);1-5H2,(H2,7,9)/b6-4+;. The van der Waals surface area contributed by atoms with E-state index in [0.29, 0.717) is 0 Å². The third kappa shape index (κ3) is 6.84. The summed E-state index contributed by atoms with van der Waals surface area (Å²) >= 11 is 0. The van der Waals surface area contributed by atoms with Crippen molar-refractivity contribution in [2.75, 3.05) is 19.9 Å². The number of rotatable bonds is 5. The van der Waals surface area contributed by atoms with Gasteiger partial charge in [0.15, 0.2) is 11.5 Å². The number of amides is 2. The molecule has 0 aliphatic carbocycles. The maximum atomic E-state index is 10.5. The van der Waals surface area contributed by atoms with E-state index in [-0.39, 0.29) is 18.7 Å². The van der Waals surface area contributed by atoms with Crippen molar-refractivity contribution in [3.63, 3.8) is 0 Å². The van der Waals surface area contributed by atoms with E-state index in [2.05, 4.69) is 0 Å². The van der Waals surface area contributed by atoms with Crippen molar-refractivity contribution in [3.05, 3.63) is 35.9 Å². The highest BCUT2D eigenvalue weighted by Gasteiger charge is 2.14. The molecule has 7 nitrogen and oxygen atoms in total. The fourth-order valence-electron chi connectivity index (χ4n) is 3.05. The lowest BCUT2D eigenvalue weighted by Gasteiger charge is -2.24. The maximum Gasteiger partial charge on any atom is 0.327 e. The minimum Gasteiger partial charge on any atom is -0.478 e. The number of carboxylic acids is 1. The summed E-state index contributed by atoms with van der Waals surface area (Å²) in [6.07, 6.45) is 8.12. The molecule has 3 N–H and O–H groups in total. The van der Waals surface area contributed by atoms with Gasteiger partial charge in [0.2, 0.25) is 6.79 Å². The van der Waals surface area contributed by atoms with E-state index in [0.717, 1.165) is 55.8 Å². The van der Waals surface area contributed by atoms with Crippen molar-refractivity contribution in [2.45, 2.75) is 39.0 Å². The Bertz CT molecular complexity index is 668. The van der Waals surface area contributed by atoms with Gasteiger partial charge in [-0.25, -0.2) is 9.59 Å². The Kier molecular flexibility index (Phi) is 7.98. The molecule has 0 radical (unpaired) electrons. The first-order valence-corrected chi connectivity index (χ1v) is 9.33. The first-order chi connectivity index (χ1) is 13.0. The number of piperidine rings is 1. The molecule has 2 amide bonds. The van der Waals surface area contributed by atoms with E-state index in [1.807, 2.05) is 25.1 Å². The lowest BCUT2D eigenvalue weighted by atomic mass is 9.96. The number of carboxylic acid groups (broad SMARTS) is 1. The van der Waals surface area contributed by atoms with Gasteiger partial charge in [-0.05, 0) is 55.7 Å². The van der Waals surface area contributed by atoms with Crippen LogP contribution in [0.25, 0.3) is 0 Å². The summed E-state index contributed by atoms with van der Waals surface area (Å²) in [6, 6.07) is 5.57. The van der Waals surface area contributed by atoms with Crippen LogP contribution in [0.4, 0.5) is 4.79 Å². The molecule has 2 aliphatic heterocycles. The molecular weight excluding hydrogens is 348 g/mol. The first-order valence-electron chi connectivity index (χ1n) is 9.33. The highest BCUT2D eigenvalue weighted by Crippen LogP contribution is 2.33. The van der Waals surface area contributed by atoms with E-state index in [4.69, 9.17) is 20.3 Å². The van der Waals surface area contributed by atoms with Crippen LogP contribution in [-0.4, -0.2) is 41.9 Å². The van der Waals surface area contributed by atoms with Crippen LogP contribution < -0.4 is 15.2 Å². The number of hydrogen-bond donors (Lipinski definition) is 2. The third-order valence-corrected chi connectivity index (χ3v) is 4.64. The summed E-state index contributed by atoms with van der Waals surface area (Å²) in [5, 5.41) is 8.63. The summed E-state index contributed by atoms with van der Waals surface area (Å²) in [7, 11) is 0. The number of hydrogen-bond acceptors (Lipinski definition) is 4. The molecule has 1 saturated heterocycles. The van der Waals surface area contributed by atoms with Crippen molar-refractivity contribution in [2.24, 2.45) is 11.7 Å². The van der Waals surface area contributed by atoms with Gasteiger partial charge in [0.25, 0.3) is 0 Å². The van der Waals surface area contributed by atoms with E-state index in [1.165, 1.54) is 12.5 Å². The normalized spacial score (nSPS) is 16.6. The van der Waals surface area contributed by atoms with Crippen molar-refractivity contribution in [3.8, 4) is 11.5 Å². The van der Waals surface area contributed by atoms with Crippen LogP contribution in [-0.2, 0) is 11.2 Å². The Morgan fingerprint density at radius 2 is 1.93 bits per heavy atom. The smallest absolute Gasteiger partial charge is 0.327 e. The number of carbonyl (C=O) groups is 2. The molecule has 1 unspecified atom stereocenters. The Hall–Kier alpha value is -2.70. The molecule has 1 aromatic carbocycles. The predicted molar refractivity (Wildman–Crippen MR) is 102 cm³/mol. The Morgan fingerprint density at radius 1 is 1.22 bits per heavy atom. The number of likely N-dealkylation sites (tertiary alicyclic amines) is 1. The molecule has 0 spiro atoms. The topological polar surface area (TPSA) is 102 Å².